The van der Waals surface area contributed by atoms with E-state index in [0.29, 0.717) is 11.6 Å². The van der Waals surface area contributed by atoms with Crippen molar-refractivity contribution < 1.29 is 22.9 Å². The van der Waals surface area contributed by atoms with E-state index in [1.165, 1.54) is 4.90 Å². The predicted molar refractivity (Wildman–Crippen MR) is 97.1 cm³/mol. The first-order chi connectivity index (χ1) is 13.1. The van der Waals surface area contributed by atoms with E-state index in [1.807, 2.05) is 0 Å². The lowest BCUT2D eigenvalue weighted by molar-refractivity contribution is -0.384. The van der Waals surface area contributed by atoms with Gasteiger partial charge < -0.3 is 10.2 Å². The van der Waals surface area contributed by atoms with Gasteiger partial charge in [-0.3, -0.25) is 14.9 Å². The van der Waals surface area contributed by atoms with Crippen molar-refractivity contribution in [1.82, 2.24) is 5.32 Å². The molecule has 0 bridgehead atoms. The monoisotopic (exact) mass is 393 g/mol. The second kappa shape index (κ2) is 7.49. The number of carbonyl (C=O) groups is 1. The van der Waals surface area contributed by atoms with Gasteiger partial charge in [0.1, 0.15) is 5.69 Å². The molecule has 2 aromatic rings. The average molecular weight is 393 g/mol. The first-order valence-corrected chi connectivity index (χ1v) is 8.62. The van der Waals surface area contributed by atoms with E-state index in [2.05, 4.69) is 5.32 Å². The minimum atomic E-state index is -4.65. The smallest absolute Gasteiger partial charge is 0.365 e. The SMILES string of the molecule is CN(Cc1ccc(C(=O)NC2CC2)cc1)c1ccc(C(F)(F)F)cc1[N+](=O)[O-]. The Bertz CT molecular complexity index is 894. The molecule has 1 fully saturated rings. The fraction of sp³-hybridized carbons (Fsp3) is 0.316. The van der Waals surface area contributed by atoms with Gasteiger partial charge in [0.05, 0.1) is 10.5 Å². The number of nitro groups is 1. The molecule has 0 heterocycles. The molecular weight excluding hydrogens is 375 g/mol. The van der Waals surface area contributed by atoms with Gasteiger partial charge in [0.25, 0.3) is 11.6 Å². The van der Waals surface area contributed by atoms with E-state index in [1.54, 1.807) is 31.3 Å². The average Bonchev–Trinajstić information content (AvgIpc) is 3.44. The Balaban J connectivity index is 1.75. The Hall–Kier alpha value is -3.10. The molecule has 0 aliphatic heterocycles. The molecule has 9 heteroatoms. The summed E-state index contributed by atoms with van der Waals surface area (Å²) in [5.41, 5.74) is -0.327. The molecule has 0 saturated heterocycles. The van der Waals surface area contributed by atoms with Crippen LogP contribution in [0.3, 0.4) is 0 Å². The van der Waals surface area contributed by atoms with Crippen molar-refractivity contribution in [3.63, 3.8) is 0 Å². The number of anilines is 1. The maximum absolute atomic E-state index is 12.8. The first kappa shape index (κ1) is 19.7. The number of nitro benzene ring substituents is 1. The molecule has 0 unspecified atom stereocenters. The lowest BCUT2D eigenvalue weighted by atomic mass is 10.1. The molecular formula is C19H18F3N3O3. The fourth-order valence-electron chi connectivity index (χ4n) is 2.79. The molecule has 28 heavy (non-hydrogen) atoms. The number of benzene rings is 2. The Morgan fingerprint density at radius 2 is 1.86 bits per heavy atom. The van der Waals surface area contributed by atoms with Crippen molar-refractivity contribution >= 4 is 17.3 Å². The van der Waals surface area contributed by atoms with Crippen LogP contribution >= 0.6 is 0 Å². The molecule has 0 spiro atoms. The van der Waals surface area contributed by atoms with E-state index in [0.717, 1.165) is 30.5 Å². The zero-order chi connectivity index (χ0) is 20.5. The van der Waals surface area contributed by atoms with Crippen LogP contribution in [0.15, 0.2) is 42.5 Å². The summed E-state index contributed by atoms with van der Waals surface area (Å²) in [7, 11) is 1.56. The number of alkyl halides is 3. The van der Waals surface area contributed by atoms with Crippen LogP contribution in [-0.4, -0.2) is 23.9 Å². The molecule has 0 aromatic heterocycles. The predicted octanol–water partition coefficient (Wildman–Crippen LogP) is 4.14. The summed E-state index contributed by atoms with van der Waals surface area (Å²) in [5.74, 6) is -0.152. The lowest BCUT2D eigenvalue weighted by Gasteiger charge is -2.20. The number of nitrogens with zero attached hydrogens (tertiary/aromatic N) is 2. The lowest BCUT2D eigenvalue weighted by Crippen LogP contribution is -2.25. The number of hydrogen-bond acceptors (Lipinski definition) is 4. The van der Waals surface area contributed by atoms with Gasteiger partial charge in [-0.05, 0) is 42.7 Å². The van der Waals surface area contributed by atoms with Gasteiger partial charge in [0.2, 0.25) is 0 Å². The van der Waals surface area contributed by atoms with Crippen LogP contribution in [0.4, 0.5) is 24.5 Å². The third-order valence-electron chi connectivity index (χ3n) is 4.46. The molecule has 1 aliphatic rings. The molecule has 1 aliphatic carbocycles. The van der Waals surface area contributed by atoms with E-state index >= 15 is 0 Å². The first-order valence-electron chi connectivity index (χ1n) is 8.62. The number of hydrogen-bond donors (Lipinski definition) is 1. The number of nitrogens with one attached hydrogen (secondary N) is 1. The highest BCUT2D eigenvalue weighted by molar-refractivity contribution is 5.94. The van der Waals surface area contributed by atoms with Crippen LogP contribution in [-0.2, 0) is 12.7 Å². The standard InChI is InChI=1S/C19H18F3N3O3/c1-24(16-9-6-14(19(20,21)22)10-17(16)25(27)28)11-12-2-4-13(5-3-12)18(26)23-15-7-8-15/h2-6,9-10,15H,7-8,11H2,1H3,(H,23,26). The van der Waals surface area contributed by atoms with Crippen molar-refractivity contribution in [2.45, 2.75) is 31.6 Å². The Kier molecular flexibility index (Phi) is 5.26. The topological polar surface area (TPSA) is 75.5 Å². The van der Waals surface area contributed by atoms with Crippen molar-refractivity contribution in [2.24, 2.45) is 0 Å². The molecule has 0 radical (unpaired) electrons. The van der Waals surface area contributed by atoms with Gasteiger partial charge in [-0.25, -0.2) is 0 Å². The zero-order valence-electron chi connectivity index (χ0n) is 15.0. The van der Waals surface area contributed by atoms with E-state index in [4.69, 9.17) is 0 Å². The van der Waals surface area contributed by atoms with Gasteiger partial charge in [-0.15, -0.1) is 0 Å². The molecule has 1 saturated carbocycles. The fourth-order valence-corrected chi connectivity index (χ4v) is 2.79. The van der Waals surface area contributed by atoms with Crippen molar-refractivity contribution in [3.05, 3.63) is 69.3 Å². The van der Waals surface area contributed by atoms with Crippen LogP contribution in [0.25, 0.3) is 0 Å². The summed E-state index contributed by atoms with van der Waals surface area (Å²) in [6.07, 6.45) is -2.68. The maximum atomic E-state index is 12.8. The molecule has 1 N–H and O–H groups in total. The summed E-state index contributed by atoms with van der Waals surface area (Å²) in [6.45, 7) is 0.233. The van der Waals surface area contributed by atoms with E-state index in [-0.39, 0.29) is 24.2 Å². The van der Waals surface area contributed by atoms with Gasteiger partial charge >= 0.3 is 6.18 Å². The molecule has 148 valence electrons. The van der Waals surface area contributed by atoms with Crippen LogP contribution in [0.1, 0.15) is 34.3 Å². The Morgan fingerprint density at radius 1 is 1.21 bits per heavy atom. The number of halogens is 3. The van der Waals surface area contributed by atoms with Crippen LogP contribution in [0, 0.1) is 10.1 Å². The van der Waals surface area contributed by atoms with Gasteiger partial charge in [-0.2, -0.15) is 13.2 Å². The molecule has 1 amide bonds. The third kappa shape index (κ3) is 4.59. The molecule has 0 atom stereocenters. The normalized spacial score (nSPS) is 13.9. The highest BCUT2D eigenvalue weighted by Crippen LogP contribution is 2.36. The molecule has 3 rings (SSSR count). The van der Waals surface area contributed by atoms with Crippen LogP contribution in [0.5, 0.6) is 0 Å². The van der Waals surface area contributed by atoms with Gasteiger partial charge in [-0.1, -0.05) is 12.1 Å². The van der Waals surface area contributed by atoms with E-state index < -0.39 is 22.4 Å². The summed E-state index contributed by atoms with van der Waals surface area (Å²) in [5, 5.41) is 14.1. The Morgan fingerprint density at radius 3 is 2.39 bits per heavy atom. The second-order valence-corrected chi connectivity index (χ2v) is 6.76. The molecule has 6 nitrogen and oxygen atoms in total. The summed E-state index contributed by atoms with van der Waals surface area (Å²) >= 11 is 0. The second-order valence-electron chi connectivity index (χ2n) is 6.76. The number of carbonyl (C=O) groups excluding carboxylic acids is 1. The summed E-state index contributed by atoms with van der Waals surface area (Å²) < 4.78 is 38.5. The van der Waals surface area contributed by atoms with Crippen molar-refractivity contribution in [3.8, 4) is 0 Å². The minimum Gasteiger partial charge on any atom is -0.365 e. The highest BCUT2D eigenvalue weighted by Gasteiger charge is 2.33. The van der Waals surface area contributed by atoms with Crippen LogP contribution < -0.4 is 10.2 Å². The third-order valence-corrected chi connectivity index (χ3v) is 4.46. The number of amides is 1. The van der Waals surface area contributed by atoms with E-state index in [9.17, 15) is 28.1 Å². The number of rotatable bonds is 6. The minimum absolute atomic E-state index is 0.0774. The largest absolute Gasteiger partial charge is 0.416 e. The highest BCUT2D eigenvalue weighted by atomic mass is 19.4. The summed E-state index contributed by atoms with van der Waals surface area (Å²) in [6, 6.07) is 9.45. The van der Waals surface area contributed by atoms with Gasteiger partial charge in [0.15, 0.2) is 0 Å². The zero-order valence-corrected chi connectivity index (χ0v) is 15.0. The Labute approximate surface area is 159 Å². The maximum Gasteiger partial charge on any atom is 0.416 e. The summed E-state index contributed by atoms with van der Waals surface area (Å²) in [4.78, 5) is 23.9. The molecule has 2 aromatic carbocycles. The van der Waals surface area contributed by atoms with Crippen molar-refractivity contribution in [2.75, 3.05) is 11.9 Å². The van der Waals surface area contributed by atoms with Crippen LogP contribution in [0.2, 0.25) is 0 Å². The van der Waals surface area contributed by atoms with Crippen molar-refractivity contribution in [1.29, 1.82) is 0 Å². The van der Waals surface area contributed by atoms with Gasteiger partial charge in [0, 0.05) is 31.3 Å². The quantitative estimate of drug-likeness (QED) is 0.591.